The standard InChI is InChI=1S/C19H17F3N4O4S/c20-11-5-9(6-12(21)15(11)22)13-7-26(25-24-13)16-17(28)14(8-27)30-19(18(16)29)31-10-1-3-23-4-2-10/h1-7,14,16-19,27-29H,8H2/t14?,16?,17-,18?,19+/m0/s1. The number of aromatic nitrogens is 4. The van der Waals surface area contributed by atoms with Gasteiger partial charge in [-0.05, 0) is 24.3 Å². The second-order valence-corrected chi connectivity index (χ2v) is 8.01. The number of aliphatic hydroxyl groups is 3. The van der Waals surface area contributed by atoms with Crippen molar-refractivity contribution in [3.63, 3.8) is 0 Å². The molecule has 164 valence electrons. The highest BCUT2D eigenvalue weighted by molar-refractivity contribution is 7.99. The fourth-order valence-corrected chi connectivity index (χ4v) is 4.33. The predicted octanol–water partition coefficient (Wildman–Crippen LogP) is 1.53. The lowest BCUT2D eigenvalue weighted by Gasteiger charge is -2.41. The molecule has 1 aromatic carbocycles. The summed E-state index contributed by atoms with van der Waals surface area (Å²) in [4.78, 5) is 4.65. The average Bonchev–Trinajstić information content (AvgIpc) is 3.24. The van der Waals surface area contributed by atoms with Crippen LogP contribution in [0.15, 0.2) is 47.8 Å². The highest BCUT2D eigenvalue weighted by Crippen LogP contribution is 2.38. The molecule has 3 aromatic rings. The van der Waals surface area contributed by atoms with E-state index in [-0.39, 0.29) is 11.3 Å². The van der Waals surface area contributed by atoms with Gasteiger partial charge in [0.05, 0.1) is 12.8 Å². The van der Waals surface area contributed by atoms with Crippen LogP contribution in [0.1, 0.15) is 6.04 Å². The fourth-order valence-electron chi connectivity index (χ4n) is 3.29. The first-order valence-electron chi connectivity index (χ1n) is 9.15. The molecule has 1 saturated heterocycles. The molecule has 0 aliphatic carbocycles. The van der Waals surface area contributed by atoms with Crippen molar-refractivity contribution in [2.45, 2.75) is 34.7 Å². The third kappa shape index (κ3) is 4.29. The van der Waals surface area contributed by atoms with E-state index >= 15 is 0 Å². The van der Waals surface area contributed by atoms with E-state index in [0.29, 0.717) is 0 Å². The molecule has 0 radical (unpaired) electrons. The Labute approximate surface area is 178 Å². The summed E-state index contributed by atoms with van der Waals surface area (Å²) in [6.07, 6.45) is 0.728. The molecule has 1 aliphatic heterocycles. The molecule has 3 heterocycles. The van der Waals surface area contributed by atoms with E-state index in [1.165, 1.54) is 6.20 Å². The highest BCUT2D eigenvalue weighted by atomic mass is 32.2. The summed E-state index contributed by atoms with van der Waals surface area (Å²) in [5.41, 5.74) is -0.941. The minimum Gasteiger partial charge on any atom is -0.394 e. The normalized spacial score (nSPS) is 26.2. The van der Waals surface area contributed by atoms with Crippen molar-refractivity contribution in [2.75, 3.05) is 6.61 Å². The highest BCUT2D eigenvalue weighted by Gasteiger charge is 2.46. The van der Waals surface area contributed by atoms with Crippen LogP contribution in [0.3, 0.4) is 0 Å². The third-order valence-corrected chi connectivity index (χ3v) is 6.01. The number of hydrogen-bond acceptors (Lipinski definition) is 8. The quantitative estimate of drug-likeness (QED) is 0.498. The minimum atomic E-state index is -1.60. The number of hydrogen-bond donors (Lipinski definition) is 3. The maximum Gasteiger partial charge on any atom is 0.194 e. The maximum atomic E-state index is 13.6. The molecule has 1 fully saturated rings. The van der Waals surface area contributed by atoms with Crippen LogP contribution < -0.4 is 0 Å². The molecule has 3 N–H and O–H groups in total. The number of thioether (sulfide) groups is 1. The minimum absolute atomic E-state index is 0.00239. The van der Waals surface area contributed by atoms with Gasteiger partial charge in [-0.25, -0.2) is 17.9 Å². The summed E-state index contributed by atoms with van der Waals surface area (Å²) < 4.78 is 47.1. The molecule has 3 unspecified atom stereocenters. The van der Waals surface area contributed by atoms with E-state index in [4.69, 9.17) is 4.74 Å². The van der Waals surface area contributed by atoms with Crippen molar-refractivity contribution in [3.05, 3.63) is 60.3 Å². The Balaban J connectivity index is 1.64. The van der Waals surface area contributed by atoms with Crippen LogP contribution in [-0.2, 0) is 4.74 Å². The Morgan fingerprint density at radius 2 is 1.74 bits per heavy atom. The zero-order valence-electron chi connectivity index (χ0n) is 15.7. The van der Waals surface area contributed by atoms with Gasteiger partial charge in [-0.3, -0.25) is 4.98 Å². The van der Waals surface area contributed by atoms with Crippen molar-refractivity contribution in [2.24, 2.45) is 0 Å². The maximum absolute atomic E-state index is 13.6. The lowest BCUT2D eigenvalue weighted by Crippen LogP contribution is -2.55. The summed E-state index contributed by atoms with van der Waals surface area (Å²) in [6.45, 7) is -0.520. The first kappa shape index (κ1) is 21.7. The van der Waals surface area contributed by atoms with Gasteiger partial charge in [-0.1, -0.05) is 17.0 Å². The topological polar surface area (TPSA) is 114 Å². The number of rotatable bonds is 5. The molecule has 0 amide bonds. The van der Waals surface area contributed by atoms with E-state index in [1.807, 2.05) is 0 Å². The van der Waals surface area contributed by atoms with Crippen molar-refractivity contribution in [1.29, 1.82) is 0 Å². The molecule has 12 heteroatoms. The monoisotopic (exact) mass is 454 g/mol. The van der Waals surface area contributed by atoms with Crippen LogP contribution in [0.5, 0.6) is 0 Å². The first-order valence-corrected chi connectivity index (χ1v) is 10.0. The van der Waals surface area contributed by atoms with Gasteiger partial charge in [-0.2, -0.15) is 0 Å². The molecular weight excluding hydrogens is 437 g/mol. The molecule has 2 aromatic heterocycles. The zero-order chi connectivity index (χ0) is 22.1. The van der Waals surface area contributed by atoms with Gasteiger partial charge in [0.15, 0.2) is 17.5 Å². The van der Waals surface area contributed by atoms with Gasteiger partial charge in [0.2, 0.25) is 0 Å². The van der Waals surface area contributed by atoms with Crippen molar-refractivity contribution in [1.82, 2.24) is 20.0 Å². The Morgan fingerprint density at radius 3 is 2.39 bits per heavy atom. The Kier molecular flexibility index (Phi) is 6.25. The Morgan fingerprint density at radius 1 is 1.06 bits per heavy atom. The van der Waals surface area contributed by atoms with E-state index in [2.05, 4.69) is 15.3 Å². The van der Waals surface area contributed by atoms with Gasteiger partial charge < -0.3 is 20.1 Å². The van der Waals surface area contributed by atoms with Crippen molar-refractivity contribution >= 4 is 11.8 Å². The van der Waals surface area contributed by atoms with E-state index < -0.39 is 53.8 Å². The van der Waals surface area contributed by atoms with Crippen LogP contribution in [0.4, 0.5) is 13.2 Å². The molecule has 4 rings (SSSR count). The number of halogens is 3. The number of pyridine rings is 1. The summed E-state index contributed by atoms with van der Waals surface area (Å²) in [6, 6.07) is 3.87. The number of benzene rings is 1. The first-order chi connectivity index (χ1) is 14.9. The zero-order valence-corrected chi connectivity index (χ0v) is 16.5. The molecule has 8 nitrogen and oxygen atoms in total. The second-order valence-electron chi connectivity index (χ2n) is 6.84. The van der Waals surface area contributed by atoms with Crippen LogP contribution in [0, 0.1) is 17.5 Å². The molecule has 1 aliphatic rings. The summed E-state index contributed by atoms with van der Waals surface area (Å²) in [7, 11) is 0. The van der Waals surface area contributed by atoms with Crippen LogP contribution in [0.25, 0.3) is 11.3 Å². The average molecular weight is 454 g/mol. The third-order valence-electron chi connectivity index (χ3n) is 4.85. The fraction of sp³-hybridized carbons (Fsp3) is 0.316. The molecule has 0 saturated carbocycles. The van der Waals surface area contributed by atoms with Crippen LogP contribution in [-0.4, -0.2) is 65.7 Å². The molecule has 0 bridgehead atoms. The van der Waals surface area contributed by atoms with E-state index in [0.717, 1.165) is 33.5 Å². The van der Waals surface area contributed by atoms with Gasteiger partial charge in [0, 0.05) is 22.9 Å². The Hall–Kier alpha value is -2.51. The van der Waals surface area contributed by atoms with Crippen LogP contribution in [0.2, 0.25) is 0 Å². The second kappa shape index (κ2) is 8.93. The molecule has 5 atom stereocenters. The number of nitrogens with zero attached hydrogens (tertiary/aromatic N) is 4. The van der Waals surface area contributed by atoms with Gasteiger partial charge >= 0.3 is 0 Å². The summed E-state index contributed by atoms with van der Waals surface area (Å²) >= 11 is 1.16. The smallest absolute Gasteiger partial charge is 0.194 e. The largest absolute Gasteiger partial charge is 0.394 e. The van der Waals surface area contributed by atoms with Gasteiger partial charge in [0.25, 0.3) is 0 Å². The SMILES string of the molecule is OCC1O[C@H](Sc2ccncc2)C(O)C(n2cc(-c3cc(F)c(F)c(F)c3)nn2)[C@H]1O. The van der Waals surface area contributed by atoms with Crippen molar-refractivity contribution < 1.29 is 33.2 Å². The van der Waals surface area contributed by atoms with Crippen molar-refractivity contribution in [3.8, 4) is 11.3 Å². The molecule has 31 heavy (non-hydrogen) atoms. The van der Waals surface area contributed by atoms with Gasteiger partial charge in [-0.15, -0.1) is 5.10 Å². The predicted molar refractivity (Wildman–Crippen MR) is 102 cm³/mol. The van der Waals surface area contributed by atoms with E-state index in [1.54, 1.807) is 24.5 Å². The lowest BCUT2D eigenvalue weighted by molar-refractivity contribution is -0.178. The summed E-state index contributed by atoms with van der Waals surface area (Å²) in [5, 5.41) is 38.8. The number of aliphatic hydroxyl groups excluding tert-OH is 3. The lowest BCUT2D eigenvalue weighted by atomic mass is 9.97. The molecular formula is C19H17F3N4O4S. The van der Waals surface area contributed by atoms with Gasteiger partial charge in [0.1, 0.15) is 35.5 Å². The molecule has 0 spiro atoms. The van der Waals surface area contributed by atoms with E-state index in [9.17, 15) is 28.5 Å². The van der Waals surface area contributed by atoms with Crippen LogP contribution >= 0.6 is 11.8 Å². The Bertz CT molecular complexity index is 1030. The number of ether oxygens (including phenoxy) is 1. The summed E-state index contributed by atoms with van der Waals surface area (Å²) in [5.74, 6) is -4.37.